The van der Waals surface area contributed by atoms with Crippen molar-refractivity contribution in [3.8, 4) is 0 Å². The maximum absolute atomic E-state index is 3.99. The number of hydrogen-bond acceptors (Lipinski definition) is 3. The quantitative estimate of drug-likeness (QED) is 0.727. The second kappa shape index (κ2) is 4.28. The van der Waals surface area contributed by atoms with Gasteiger partial charge in [-0.15, -0.1) is 10.5 Å². The molecule has 4 heteroatoms. The summed E-state index contributed by atoms with van der Waals surface area (Å²) in [6, 6.07) is 8.47. The zero-order chi connectivity index (χ0) is 9.80. The van der Waals surface area contributed by atoms with Crippen LogP contribution in [0, 0.1) is 6.92 Å². The predicted molar refractivity (Wildman–Crippen MR) is 60.5 cm³/mol. The van der Waals surface area contributed by atoms with E-state index in [-0.39, 0.29) is 0 Å². The molecule has 14 heavy (non-hydrogen) atoms. The summed E-state index contributed by atoms with van der Waals surface area (Å²) in [5.74, 6) is 0.895. The monoisotopic (exact) mass is 204 g/mol. The van der Waals surface area contributed by atoms with Crippen LogP contribution in [0.15, 0.2) is 34.4 Å². The highest BCUT2D eigenvalue weighted by Gasteiger charge is 2.03. The Morgan fingerprint density at radius 3 is 2.64 bits per heavy atom. The van der Waals surface area contributed by atoms with Crippen molar-refractivity contribution < 1.29 is 0 Å². The minimum absolute atomic E-state index is 0.741. The molecule has 0 saturated carbocycles. The lowest BCUT2D eigenvalue weighted by Gasteiger charge is -1.99. The van der Waals surface area contributed by atoms with Crippen LogP contribution >= 0.6 is 11.8 Å². The third-order valence-electron chi connectivity index (χ3n) is 1.85. The van der Waals surface area contributed by atoms with E-state index in [9.17, 15) is 0 Å². The first-order valence-corrected chi connectivity index (χ1v) is 5.32. The molecule has 1 aliphatic heterocycles. The molecule has 0 aliphatic carbocycles. The minimum Gasteiger partial charge on any atom is -0.207 e. The van der Waals surface area contributed by atoms with Gasteiger partial charge in [-0.05, 0) is 12.5 Å². The van der Waals surface area contributed by atoms with Crippen molar-refractivity contribution >= 4 is 23.3 Å². The molecule has 0 spiro atoms. The van der Waals surface area contributed by atoms with E-state index in [4.69, 9.17) is 0 Å². The fourth-order valence-electron chi connectivity index (χ4n) is 1.07. The molecule has 1 aliphatic rings. The van der Waals surface area contributed by atoms with E-state index < -0.39 is 0 Å². The molecule has 0 saturated heterocycles. The molecule has 0 atom stereocenters. The van der Waals surface area contributed by atoms with Gasteiger partial charge in [-0.1, -0.05) is 41.6 Å². The molecule has 0 bridgehead atoms. The fourth-order valence-corrected chi connectivity index (χ4v) is 1.79. The van der Waals surface area contributed by atoms with Gasteiger partial charge < -0.3 is 0 Å². The number of benzene rings is 1. The van der Waals surface area contributed by atoms with Crippen molar-refractivity contribution in [3.63, 3.8) is 0 Å². The normalized spacial score (nSPS) is 13.9. The van der Waals surface area contributed by atoms with Crippen LogP contribution in [0.3, 0.4) is 0 Å². The number of amidine groups is 1. The fraction of sp³-hybridized carbons (Fsp3) is 0.200. The van der Waals surface area contributed by atoms with Gasteiger partial charge >= 0.3 is 0 Å². The van der Waals surface area contributed by atoms with Gasteiger partial charge in [0.1, 0.15) is 6.34 Å². The van der Waals surface area contributed by atoms with E-state index in [0.717, 1.165) is 10.9 Å². The summed E-state index contributed by atoms with van der Waals surface area (Å²) in [4.78, 5) is 3.99. The number of thioether (sulfide) groups is 1. The summed E-state index contributed by atoms with van der Waals surface area (Å²) < 4.78 is 0. The van der Waals surface area contributed by atoms with Crippen molar-refractivity contribution in [2.45, 2.75) is 12.7 Å². The van der Waals surface area contributed by atoms with E-state index in [0.29, 0.717) is 0 Å². The Labute approximate surface area is 87.3 Å². The van der Waals surface area contributed by atoms with Crippen molar-refractivity contribution in [1.82, 2.24) is 5.43 Å². The first-order valence-electron chi connectivity index (χ1n) is 4.33. The topological polar surface area (TPSA) is 38.8 Å². The molecule has 2 rings (SSSR count). The highest BCUT2D eigenvalue weighted by molar-refractivity contribution is 8.13. The standard InChI is InChI=1S/C10H10N3S/c1-8-2-4-9(5-3-8)6-14-10-11-7-12-13-10/h2-5,7H,6H2,1H3. The molecule has 3 nitrogen and oxygen atoms in total. The molecule has 1 radical (unpaired) electrons. The van der Waals surface area contributed by atoms with Gasteiger partial charge in [0.25, 0.3) is 0 Å². The van der Waals surface area contributed by atoms with Crippen LogP contribution < -0.4 is 5.43 Å². The minimum atomic E-state index is 0.741. The highest BCUT2D eigenvalue weighted by atomic mass is 32.2. The van der Waals surface area contributed by atoms with E-state index in [1.807, 2.05) is 0 Å². The molecule has 0 aromatic heterocycles. The third-order valence-corrected chi connectivity index (χ3v) is 2.77. The Morgan fingerprint density at radius 2 is 2.00 bits per heavy atom. The van der Waals surface area contributed by atoms with Gasteiger partial charge in [0.2, 0.25) is 5.17 Å². The second-order valence-electron chi connectivity index (χ2n) is 3.02. The Kier molecular flexibility index (Phi) is 2.84. The second-order valence-corrected chi connectivity index (χ2v) is 3.96. The van der Waals surface area contributed by atoms with Gasteiger partial charge in [-0.25, -0.2) is 4.99 Å². The van der Waals surface area contributed by atoms with Crippen LogP contribution in [0.5, 0.6) is 0 Å². The van der Waals surface area contributed by atoms with Crippen LogP contribution in [-0.2, 0) is 5.75 Å². The Morgan fingerprint density at radius 1 is 1.21 bits per heavy atom. The molecular weight excluding hydrogens is 194 g/mol. The number of nitrogens with zero attached hydrogens (tertiary/aromatic N) is 3. The predicted octanol–water partition coefficient (Wildman–Crippen LogP) is 2.15. The molecule has 1 aromatic rings. The average Bonchev–Trinajstić information content (AvgIpc) is 2.70. The first-order chi connectivity index (χ1) is 6.84. The smallest absolute Gasteiger partial charge is 0.207 e. The Balaban J connectivity index is 1.91. The van der Waals surface area contributed by atoms with Crippen molar-refractivity contribution in [2.75, 3.05) is 0 Å². The summed E-state index contributed by atoms with van der Waals surface area (Å²) in [7, 11) is 0. The van der Waals surface area contributed by atoms with E-state index in [1.165, 1.54) is 17.5 Å². The molecule has 0 fully saturated rings. The summed E-state index contributed by atoms with van der Waals surface area (Å²) >= 11 is 1.60. The molecule has 0 amide bonds. The zero-order valence-corrected chi connectivity index (χ0v) is 8.66. The van der Waals surface area contributed by atoms with Crippen LogP contribution in [0.4, 0.5) is 0 Å². The average molecular weight is 204 g/mol. The first kappa shape index (κ1) is 9.27. The molecule has 0 unspecified atom stereocenters. The van der Waals surface area contributed by atoms with Crippen LogP contribution in [0.1, 0.15) is 11.1 Å². The number of rotatable bonds is 2. The molecule has 71 valence electrons. The molecular formula is C10H10N3S. The lowest BCUT2D eigenvalue weighted by molar-refractivity contribution is 1.07. The highest BCUT2D eigenvalue weighted by Crippen LogP contribution is 2.15. The van der Waals surface area contributed by atoms with Gasteiger partial charge in [-0.2, -0.15) is 0 Å². The summed E-state index contributed by atoms with van der Waals surface area (Å²) in [5, 5.41) is 4.59. The Bertz CT molecular complexity index is 367. The number of hydrogen-bond donors (Lipinski definition) is 0. The number of aliphatic imine (C=N–C) groups is 1. The SMILES string of the molecule is Cc1ccc(CSC2=N[N]C=N2)cc1. The summed E-state index contributed by atoms with van der Waals surface area (Å²) in [6.45, 7) is 2.08. The number of aryl methyl sites for hydroxylation is 1. The summed E-state index contributed by atoms with van der Waals surface area (Å²) in [5.41, 5.74) is 6.23. The largest absolute Gasteiger partial charge is 0.210 e. The van der Waals surface area contributed by atoms with E-state index in [1.54, 1.807) is 11.8 Å². The maximum Gasteiger partial charge on any atom is 0.210 e. The van der Waals surface area contributed by atoms with E-state index >= 15 is 0 Å². The summed E-state index contributed by atoms with van der Waals surface area (Å²) in [6.07, 6.45) is 1.47. The van der Waals surface area contributed by atoms with Gasteiger partial charge in [0.05, 0.1) is 0 Å². The molecule has 0 N–H and O–H groups in total. The van der Waals surface area contributed by atoms with E-state index in [2.05, 4.69) is 46.7 Å². The lowest BCUT2D eigenvalue weighted by atomic mass is 10.2. The maximum atomic E-state index is 3.99. The lowest BCUT2D eigenvalue weighted by Crippen LogP contribution is -1.87. The zero-order valence-electron chi connectivity index (χ0n) is 7.84. The van der Waals surface area contributed by atoms with Gasteiger partial charge in [0, 0.05) is 5.75 Å². The van der Waals surface area contributed by atoms with Gasteiger partial charge in [0.15, 0.2) is 0 Å². The van der Waals surface area contributed by atoms with Crippen LogP contribution in [-0.4, -0.2) is 11.5 Å². The van der Waals surface area contributed by atoms with Crippen molar-refractivity contribution in [3.05, 3.63) is 35.4 Å². The van der Waals surface area contributed by atoms with Crippen molar-refractivity contribution in [1.29, 1.82) is 0 Å². The van der Waals surface area contributed by atoms with Crippen molar-refractivity contribution in [2.24, 2.45) is 10.1 Å². The van der Waals surface area contributed by atoms with Gasteiger partial charge in [-0.3, -0.25) is 0 Å². The molecule has 1 aromatic carbocycles. The van der Waals surface area contributed by atoms with Crippen LogP contribution in [0.2, 0.25) is 0 Å². The Hall–Kier alpha value is -1.29. The van der Waals surface area contributed by atoms with Crippen LogP contribution in [0.25, 0.3) is 0 Å². The molecule has 1 heterocycles. The third kappa shape index (κ3) is 2.35.